The average molecular weight is 585 g/mol. The van der Waals surface area contributed by atoms with Gasteiger partial charge in [-0.25, -0.2) is 14.6 Å². The molecule has 3 aliphatic rings. The standard InChI is InChI=1S/C36H28N2O6/c1-2-6-30(39)44-20-21-7-5-10-25(19-21)38-35(42)28-17-15-26-31-27(16-18-29(32(28)31)36(38)43)34(41)37(33(26)40)24-13-11-23(12-14-24)22-8-3-4-9-22/h2,5-7,10-19,22H,3-4,8-9,20H2,1H3/b6-2+. The highest BCUT2D eigenvalue weighted by Gasteiger charge is 2.40. The number of ether oxygens (including phenoxy) is 1. The first kappa shape index (κ1) is 27.5. The minimum absolute atomic E-state index is 0.0316. The van der Waals surface area contributed by atoms with Gasteiger partial charge in [0.15, 0.2) is 0 Å². The molecule has 218 valence electrons. The molecule has 0 unspecified atom stereocenters. The van der Waals surface area contributed by atoms with Gasteiger partial charge in [-0.05, 0) is 85.3 Å². The second kappa shape index (κ2) is 10.7. The summed E-state index contributed by atoms with van der Waals surface area (Å²) in [7, 11) is 0. The van der Waals surface area contributed by atoms with Gasteiger partial charge in [-0.3, -0.25) is 19.2 Å². The zero-order valence-electron chi connectivity index (χ0n) is 24.0. The van der Waals surface area contributed by atoms with E-state index in [4.69, 9.17) is 4.74 Å². The lowest BCUT2D eigenvalue weighted by atomic mass is 9.85. The predicted octanol–water partition coefficient (Wildman–Crippen LogP) is 6.72. The van der Waals surface area contributed by atoms with Crippen molar-refractivity contribution >= 4 is 51.7 Å². The first-order chi connectivity index (χ1) is 21.4. The maximum atomic E-state index is 13.8. The van der Waals surface area contributed by atoms with Crippen LogP contribution in [0.1, 0.15) is 91.1 Å². The normalized spacial score (nSPS) is 16.5. The van der Waals surface area contributed by atoms with E-state index in [0.717, 1.165) is 17.7 Å². The fourth-order valence-corrected chi connectivity index (χ4v) is 6.62. The van der Waals surface area contributed by atoms with Gasteiger partial charge in [0.2, 0.25) is 0 Å². The Morgan fingerprint density at radius 2 is 1.25 bits per heavy atom. The van der Waals surface area contributed by atoms with E-state index in [9.17, 15) is 24.0 Å². The third-order valence-electron chi connectivity index (χ3n) is 8.73. The van der Waals surface area contributed by atoms with E-state index in [1.165, 1.54) is 29.4 Å². The van der Waals surface area contributed by atoms with Gasteiger partial charge in [-0.2, -0.15) is 0 Å². The number of amides is 4. The Hall–Kier alpha value is -5.37. The van der Waals surface area contributed by atoms with Crippen molar-refractivity contribution < 1.29 is 28.7 Å². The van der Waals surface area contributed by atoms with Crippen molar-refractivity contribution in [3.63, 3.8) is 0 Å². The van der Waals surface area contributed by atoms with E-state index in [1.54, 1.807) is 61.5 Å². The van der Waals surface area contributed by atoms with Crippen molar-refractivity contribution in [3.8, 4) is 0 Å². The van der Waals surface area contributed by atoms with Crippen molar-refractivity contribution in [2.45, 2.75) is 45.1 Å². The summed E-state index contributed by atoms with van der Waals surface area (Å²) in [5, 5.41) is 0.625. The summed E-state index contributed by atoms with van der Waals surface area (Å²) in [4.78, 5) is 69.3. The van der Waals surface area contributed by atoms with Gasteiger partial charge in [0.25, 0.3) is 23.6 Å². The molecule has 0 atom stereocenters. The van der Waals surface area contributed by atoms with Crippen LogP contribution in [0.3, 0.4) is 0 Å². The monoisotopic (exact) mass is 584 g/mol. The first-order valence-electron chi connectivity index (χ1n) is 14.7. The number of hydrogen-bond acceptors (Lipinski definition) is 6. The van der Waals surface area contributed by atoms with Crippen LogP contribution in [0.15, 0.2) is 84.9 Å². The van der Waals surface area contributed by atoms with Gasteiger partial charge in [-0.1, -0.05) is 43.2 Å². The highest BCUT2D eigenvalue weighted by atomic mass is 16.5. The second-order valence-electron chi connectivity index (χ2n) is 11.3. The molecule has 44 heavy (non-hydrogen) atoms. The van der Waals surface area contributed by atoms with E-state index < -0.39 is 29.6 Å². The summed E-state index contributed by atoms with van der Waals surface area (Å²) < 4.78 is 5.22. The lowest BCUT2D eigenvalue weighted by molar-refractivity contribution is -0.139. The van der Waals surface area contributed by atoms with Gasteiger partial charge in [0.05, 0.1) is 11.4 Å². The van der Waals surface area contributed by atoms with E-state index in [0.29, 0.717) is 33.6 Å². The van der Waals surface area contributed by atoms with Crippen LogP contribution in [0.5, 0.6) is 0 Å². The Kier molecular flexibility index (Phi) is 6.69. The molecule has 1 saturated carbocycles. The molecule has 2 aliphatic heterocycles. The molecular weight excluding hydrogens is 556 g/mol. The Morgan fingerprint density at radius 3 is 1.77 bits per heavy atom. The van der Waals surface area contributed by atoms with Gasteiger partial charge in [0, 0.05) is 39.1 Å². The molecule has 8 nitrogen and oxygen atoms in total. The smallest absolute Gasteiger partial charge is 0.330 e. The van der Waals surface area contributed by atoms with Gasteiger partial charge >= 0.3 is 5.97 Å². The molecule has 0 aromatic heterocycles. The van der Waals surface area contributed by atoms with Crippen LogP contribution in [0.2, 0.25) is 0 Å². The topological polar surface area (TPSA) is 101 Å². The van der Waals surface area contributed by atoms with E-state index in [2.05, 4.69) is 0 Å². The Morgan fingerprint density at radius 1 is 0.727 bits per heavy atom. The highest BCUT2D eigenvalue weighted by Crippen LogP contribution is 2.41. The summed E-state index contributed by atoms with van der Waals surface area (Å²) >= 11 is 0. The zero-order chi connectivity index (χ0) is 30.5. The number of carbonyl (C=O) groups is 5. The molecule has 7 rings (SSSR count). The molecular formula is C36H28N2O6. The summed E-state index contributed by atoms with van der Waals surface area (Å²) in [6.07, 6.45) is 7.59. The van der Waals surface area contributed by atoms with Crippen molar-refractivity contribution in [2.75, 3.05) is 9.80 Å². The molecule has 1 fully saturated rings. The molecule has 0 saturated heterocycles. The average Bonchev–Trinajstić information content (AvgIpc) is 3.58. The lowest BCUT2D eigenvalue weighted by Crippen LogP contribution is -2.43. The number of nitrogens with zero attached hydrogens (tertiary/aromatic N) is 2. The van der Waals surface area contributed by atoms with Crippen molar-refractivity contribution in [3.05, 3.63) is 118 Å². The molecule has 0 spiro atoms. The molecule has 8 heteroatoms. The van der Waals surface area contributed by atoms with Crippen LogP contribution in [0, 0.1) is 0 Å². The van der Waals surface area contributed by atoms with E-state index in [1.807, 2.05) is 24.3 Å². The number of benzene rings is 4. The third kappa shape index (κ3) is 4.33. The summed E-state index contributed by atoms with van der Waals surface area (Å²) in [6.45, 7) is 1.68. The van der Waals surface area contributed by atoms with Crippen LogP contribution in [0.4, 0.5) is 11.4 Å². The lowest BCUT2D eigenvalue weighted by Gasteiger charge is -2.32. The number of hydrogen-bond donors (Lipinski definition) is 0. The Balaban J connectivity index is 1.24. The number of carbonyl (C=O) groups excluding carboxylic acids is 5. The largest absolute Gasteiger partial charge is 0.458 e. The fraction of sp³-hybridized carbons (Fsp3) is 0.194. The maximum Gasteiger partial charge on any atom is 0.330 e. The van der Waals surface area contributed by atoms with E-state index in [-0.39, 0.29) is 28.9 Å². The van der Waals surface area contributed by atoms with Crippen LogP contribution in [-0.2, 0) is 16.1 Å². The summed E-state index contributed by atoms with van der Waals surface area (Å²) in [5.74, 6) is -2.13. The second-order valence-corrected chi connectivity index (χ2v) is 11.3. The fourth-order valence-electron chi connectivity index (χ4n) is 6.62. The number of imide groups is 2. The minimum Gasteiger partial charge on any atom is -0.458 e. The van der Waals surface area contributed by atoms with E-state index >= 15 is 0 Å². The molecule has 4 amide bonds. The summed E-state index contributed by atoms with van der Waals surface area (Å²) in [5.41, 5.74) is 3.58. The predicted molar refractivity (Wildman–Crippen MR) is 165 cm³/mol. The van der Waals surface area contributed by atoms with Crippen molar-refractivity contribution in [1.82, 2.24) is 0 Å². The van der Waals surface area contributed by atoms with Crippen molar-refractivity contribution in [1.29, 1.82) is 0 Å². The van der Waals surface area contributed by atoms with Crippen LogP contribution < -0.4 is 9.80 Å². The quantitative estimate of drug-likeness (QED) is 0.142. The van der Waals surface area contributed by atoms with Crippen molar-refractivity contribution in [2.24, 2.45) is 0 Å². The number of allylic oxidation sites excluding steroid dienone is 1. The summed E-state index contributed by atoms with van der Waals surface area (Å²) in [6, 6.07) is 20.5. The van der Waals surface area contributed by atoms with Crippen LogP contribution >= 0.6 is 0 Å². The first-order valence-corrected chi connectivity index (χ1v) is 14.7. The van der Waals surface area contributed by atoms with Gasteiger partial charge in [0.1, 0.15) is 6.61 Å². The van der Waals surface area contributed by atoms with Gasteiger partial charge in [-0.15, -0.1) is 0 Å². The number of anilines is 2. The van der Waals surface area contributed by atoms with Crippen LogP contribution in [0.25, 0.3) is 10.8 Å². The van der Waals surface area contributed by atoms with Crippen LogP contribution in [-0.4, -0.2) is 29.6 Å². The molecule has 1 aliphatic carbocycles. The molecule has 0 radical (unpaired) electrons. The molecule has 2 heterocycles. The number of esters is 1. The third-order valence-corrected chi connectivity index (χ3v) is 8.73. The minimum atomic E-state index is -0.570. The zero-order valence-corrected chi connectivity index (χ0v) is 24.0. The maximum absolute atomic E-state index is 13.8. The highest BCUT2D eigenvalue weighted by molar-refractivity contribution is 6.42. The molecule has 0 N–H and O–H groups in total. The molecule has 4 aromatic carbocycles. The SMILES string of the molecule is C/C=C/C(=O)OCc1cccc(N2C(=O)c3ccc4c5c(ccc(c35)C2=O)C(=O)N(c2ccc(C3CCCC3)cc2)C4=O)c1. The molecule has 4 aromatic rings. The van der Waals surface area contributed by atoms with Gasteiger partial charge < -0.3 is 4.74 Å². The Bertz CT molecular complexity index is 1860. The number of rotatable bonds is 6. The molecule has 0 bridgehead atoms. The Labute approximate surface area is 253 Å².